The molecule has 0 aromatic rings. The van der Waals surface area contributed by atoms with Gasteiger partial charge in [0, 0.05) is 12.5 Å². The maximum atomic E-state index is 11.8. The van der Waals surface area contributed by atoms with Crippen molar-refractivity contribution in [3.63, 3.8) is 0 Å². The fraction of sp³-hybridized carbons (Fsp3) is 0.786. The summed E-state index contributed by atoms with van der Waals surface area (Å²) >= 11 is 0. The van der Waals surface area contributed by atoms with Crippen LogP contribution < -0.4 is 10.6 Å². The predicted octanol–water partition coefficient (Wildman–Crippen LogP) is 1.83. The largest absolute Gasteiger partial charge is 0.352 e. The molecule has 1 rings (SSSR count). The van der Waals surface area contributed by atoms with Crippen molar-refractivity contribution in [1.82, 2.24) is 10.6 Å². The molecular formula is C14H24N2O. The van der Waals surface area contributed by atoms with Crippen molar-refractivity contribution in [1.29, 1.82) is 0 Å². The summed E-state index contributed by atoms with van der Waals surface area (Å²) < 4.78 is 0. The second-order valence-electron chi connectivity index (χ2n) is 4.83. The Balaban J connectivity index is 2.07. The van der Waals surface area contributed by atoms with Crippen molar-refractivity contribution in [2.75, 3.05) is 6.54 Å². The van der Waals surface area contributed by atoms with Crippen LogP contribution in [-0.4, -0.2) is 24.5 Å². The number of nitrogens with one attached hydrogen (secondary N) is 2. The summed E-state index contributed by atoms with van der Waals surface area (Å²) in [5.74, 6) is 2.75. The van der Waals surface area contributed by atoms with Crippen molar-refractivity contribution >= 4 is 5.91 Å². The number of carbonyl (C=O) groups excluding carboxylic acids is 1. The average molecular weight is 236 g/mol. The van der Waals surface area contributed by atoms with Gasteiger partial charge in [-0.15, -0.1) is 12.3 Å². The van der Waals surface area contributed by atoms with E-state index in [9.17, 15) is 4.79 Å². The Bertz CT molecular complexity index is 264. The molecule has 1 aliphatic rings. The van der Waals surface area contributed by atoms with Crippen molar-refractivity contribution in [3.8, 4) is 12.3 Å². The maximum Gasteiger partial charge on any atom is 0.237 e. The molecule has 0 saturated heterocycles. The van der Waals surface area contributed by atoms with E-state index in [4.69, 9.17) is 6.42 Å². The Morgan fingerprint density at radius 2 is 2.12 bits per heavy atom. The molecule has 1 saturated carbocycles. The van der Waals surface area contributed by atoms with Crippen LogP contribution in [0.2, 0.25) is 0 Å². The highest BCUT2D eigenvalue weighted by Crippen LogP contribution is 2.17. The van der Waals surface area contributed by atoms with E-state index in [1.54, 1.807) is 0 Å². The van der Waals surface area contributed by atoms with Crippen molar-refractivity contribution in [2.24, 2.45) is 0 Å². The fourth-order valence-electron chi connectivity index (χ4n) is 2.16. The highest BCUT2D eigenvalue weighted by Gasteiger charge is 2.19. The van der Waals surface area contributed by atoms with Crippen LogP contribution in [0.15, 0.2) is 0 Å². The molecule has 0 aromatic carbocycles. The third-order valence-electron chi connectivity index (χ3n) is 3.29. The van der Waals surface area contributed by atoms with Crippen LogP contribution in [0.25, 0.3) is 0 Å². The molecule has 96 valence electrons. The van der Waals surface area contributed by atoms with Gasteiger partial charge in [0.05, 0.1) is 6.04 Å². The summed E-state index contributed by atoms with van der Waals surface area (Å²) in [6.07, 6.45) is 12.8. The van der Waals surface area contributed by atoms with E-state index in [0.29, 0.717) is 6.04 Å². The first-order valence-corrected chi connectivity index (χ1v) is 6.71. The van der Waals surface area contributed by atoms with Gasteiger partial charge in [0.25, 0.3) is 0 Å². The molecule has 0 aromatic heterocycles. The van der Waals surface area contributed by atoms with Gasteiger partial charge in [-0.25, -0.2) is 0 Å². The molecule has 1 amide bonds. The number of hydrogen-bond donors (Lipinski definition) is 2. The molecule has 1 fully saturated rings. The number of hydrogen-bond acceptors (Lipinski definition) is 2. The molecule has 0 bridgehead atoms. The van der Waals surface area contributed by atoms with Gasteiger partial charge in [0.2, 0.25) is 5.91 Å². The van der Waals surface area contributed by atoms with Crippen LogP contribution in [-0.2, 0) is 4.79 Å². The highest BCUT2D eigenvalue weighted by atomic mass is 16.2. The number of unbranched alkanes of at least 4 members (excludes halogenated alkanes) is 2. The Kier molecular flexibility index (Phi) is 6.73. The molecule has 3 nitrogen and oxygen atoms in total. The quantitative estimate of drug-likeness (QED) is 0.523. The number of terminal acetylenes is 1. The van der Waals surface area contributed by atoms with Gasteiger partial charge >= 0.3 is 0 Å². The highest BCUT2D eigenvalue weighted by molar-refractivity contribution is 5.81. The van der Waals surface area contributed by atoms with Crippen LogP contribution in [0.4, 0.5) is 0 Å². The lowest BCUT2D eigenvalue weighted by atomic mass is 10.2. The van der Waals surface area contributed by atoms with Crippen LogP contribution in [0.3, 0.4) is 0 Å². The lowest BCUT2D eigenvalue weighted by Crippen LogP contribution is -2.45. The lowest BCUT2D eigenvalue weighted by Gasteiger charge is -2.17. The third-order valence-corrected chi connectivity index (χ3v) is 3.29. The zero-order chi connectivity index (χ0) is 12.5. The van der Waals surface area contributed by atoms with E-state index in [-0.39, 0.29) is 11.9 Å². The molecule has 0 heterocycles. The zero-order valence-corrected chi connectivity index (χ0v) is 10.8. The average Bonchev–Trinajstić information content (AvgIpc) is 2.81. The Morgan fingerprint density at radius 1 is 1.41 bits per heavy atom. The number of rotatable bonds is 7. The van der Waals surface area contributed by atoms with E-state index < -0.39 is 0 Å². The SMILES string of the molecule is C#CCCCCNC(C)C(=O)NC1CCCC1. The van der Waals surface area contributed by atoms with Gasteiger partial charge in [-0.05, 0) is 39.2 Å². The standard InChI is InChI=1S/C14H24N2O/c1-3-4-5-8-11-15-12(2)14(17)16-13-9-6-7-10-13/h1,12-13,15H,4-11H2,2H3,(H,16,17). The molecule has 1 aliphatic carbocycles. The van der Waals surface area contributed by atoms with Crippen LogP contribution in [0.1, 0.15) is 51.9 Å². The van der Waals surface area contributed by atoms with Crippen molar-refractivity contribution < 1.29 is 4.79 Å². The number of carbonyl (C=O) groups is 1. The van der Waals surface area contributed by atoms with Crippen LogP contribution in [0.5, 0.6) is 0 Å². The first-order chi connectivity index (χ1) is 8.24. The van der Waals surface area contributed by atoms with Crippen molar-refractivity contribution in [3.05, 3.63) is 0 Å². The van der Waals surface area contributed by atoms with Gasteiger partial charge in [0.15, 0.2) is 0 Å². The molecule has 1 unspecified atom stereocenters. The molecule has 0 aliphatic heterocycles. The van der Waals surface area contributed by atoms with Gasteiger partial charge < -0.3 is 10.6 Å². The molecule has 0 spiro atoms. The van der Waals surface area contributed by atoms with Crippen molar-refractivity contribution in [2.45, 2.75) is 64.0 Å². The molecule has 2 N–H and O–H groups in total. The Labute approximate surface area is 105 Å². The van der Waals surface area contributed by atoms with Crippen LogP contribution >= 0.6 is 0 Å². The maximum absolute atomic E-state index is 11.8. The monoisotopic (exact) mass is 236 g/mol. The molecule has 17 heavy (non-hydrogen) atoms. The second kappa shape index (κ2) is 8.14. The van der Waals surface area contributed by atoms with Gasteiger partial charge in [-0.1, -0.05) is 12.8 Å². The van der Waals surface area contributed by atoms with E-state index in [1.807, 2.05) is 6.92 Å². The minimum absolute atomic E-state index is 0.0959. The fourth-order valence-corrected chi connectivity index (χ4v) is 2.16. The molecule has 3 heteroatoms. The van der Waals surface area contributed by atoms with Gasteiger partial charge in [-0.2, -0.15) is 0 Å². The van der Waals surface area contributed by atoms with E-state index >= 15 is 0 Å². The van der Waals surface area contributed by atoms with E-state index in [1.165, 1.54) is 12.8 Å². The zero-order valence-electron chi connectivity index (χ0n) is 10.8. The number of amides is 1. The molecular weight excluding hydrogens is 212 g/mol. The minimum Gasteiger partial charge on any atom is -0.352 e. The summed E-state index contributed by atoms with van der Waals surface area (Å²) in [4.78, 5) is 11.8. The summed E-state index contributed by atoms with van der Waals surface area (Å²) in [6, 6.07) is 0.314. The van der Waals surface area contributed by atoms with Crippen LogP contribution in [0, 0.1) is 12.3 Å². The van der Waals surface area contributed by atoms with Gasteiger partial charge in [-0.3, -0.25) is 4.79 Å². The summed E-state index contributed by atoms with van der Waals surface area (Å²) in [5, 5.41) is 6.33. The summed E-state index contributed by atoms with van der Waals surface area (Å²) in [5.41, 5.74) is 0. The first kappa shape index (κ1) is 14.1. The summed E-state index contributed by atoms with van der Waals surface area (Å²) in [6.45, 7) is 2.78. The molecule has 0 radical (unpaired) electrons. The van der Waals surface area contributed by atoms with Gasteiger partial charge in [0.1, 0.15) is 0 Å². The smallest absolute Gasteiger partial charge is 0.237 e. The second-order valence-corrected chi connectivity index (χ2v) is 4.83. The normalized spacial score (nSPS) is 17.6. The topological polar surface area (TPSA) is 41.1 Å². The Hall–Kier alpha value is -1.01. The van der Waals surface area contributed by atoms with E-state index in [0.717, 1.165) is 38.6 Å². The predicted molar refractivity (Wildman–Crippen MR) is 70.5 cm³/mol. The first-order valence-electron chi connectivity index (χ1n) is 6.71. The third kappa shape index (κ3) is 5.74. The van der Waals surface area contributed by atoms with E-state index in [2.05, 4.69) is 16.6 Å². The summed E-state index contributed by atoms with van der Waals surface area (Å²) in [7, 11) is 0. The molecule has 1 atom stereocenters. The Morgan fingerprint density at radius 3 is 2.76 bits per heavy atom. The lowest BCUT2D eigenvalue weighted by molar-refractivity contribution is -0.123. The minimum atomic E-state index is -0.0959.